The van der Waals surface area contributed by atoms with Crippen molar-refractivity contribution in [3.8, 4) is 5.69 Å². The summed E-state index contributed by atoms with van der Waals surface area (Å²) < 4.78 is 4.05. The zero-order chi connectivity index (χ0) is 14.9. The van der Waals surface area contributed by atoms with Crippen LogP contribution in [0.1, 0.15) is 30.3 Å². The number of nitrogens with two attached hydrogens (primary N) is 1. The van der Waals surface area contributed by atoms with Crippen LogP contribution in [-0.4, -0.2) is 15.8 Å². The second-order valence-electron chi connectivity index (χ2n) is 5.05. The van der Waals surface area contributed by atoms with Crippen molar-refractivity contribution in [2.24, 2.45) is 5.73 Å². The topological polar surface area (TPSA) is 43.8 Å². The lowest BCUT2D eigenvalue weighted by molar-refractivity contribution is 0.646. The van der Waals surface area contributed by atoms with Gasteiger partial charge in [0.2, 0.25) is 0 Å². The van der Waals surface area contributed by atoms with Crippen LogP contribution in [0, 0.1) is 13.8 Å². The number of nitrogens with zero attached hydrogens (tertiary/aromatic N) is 2. The van der Waals surface area contributed by atoms with Crippen molar-refractivity contribution in [3.05, 3.63) is 44.1 Å². The van der Waals surface area contributed by atoms with Crippen molar-refractivity contribution in [2.75, 3.05) is 0 Å². The molecule has 0 aliphatic carbocycles. The normalized spacial score (nSPS) is 12.7. The van der Waals surface area contributed by atoms with Crippen LogP contribution in [0.3, 0.4) is 0 Å². The van der Waals surface area contributed by atoms with E-state index >= 15 is 0 Å². The standard InChI is InChI=1S/C15H19Br2N3/c1-4-12(18)7-11-5-6-14(13(16)8-11)20-10(3)15(17)9(2)19-20/h5-6,8,12H,4,7,18H2,1-3H3. The molecule has 108 valence electrons. The third kappa shape index (κ3) is 3.15. The first-order valence-electron chi connectivity index (χ1n) is 6.70. The van der Waals surface area contributed by atoms with Gasteiger partial charge in [0.25, 0.3) is 0 Å². The van der Waals surface area contributed by atoms with Crippen molar-refractivity contribution in [1.82, 2.24) is 9.78 Å². The first-order valence-corrected chi connectivity index (χ1v) is 8.28. The fourth-order valence-corrected chi connectivity index (χ4v) is 3.00. The average Bonchev–Trinajstić information content (AvgIpc) is 2.66. The van der Waals surface area contributed by atoms with Gasteiger partial charge in [-0.1, -0.05) is 13.0 Å². The molecule has 0 aliphatic rings. The Hall–Kier alpha value is -0.650. The van der Waals surface area contributed by atoms with Crippen molar-refractivity contribution >= 4 is 31.9 Å². The molecule has 1 aromatic carbocycles. The molecule has 0 spiro atoms. The van der Waals surface area contributed by atoms with Gasteiger partial charge in [0.15, 0.2) is 0 Å². The van der Waals surface area contributed by atoms with Crippen LogP contribution in [0.5, 0.6) is 0 Å². The molecule has 2 rings (SSSR count). The Morgan fingerprint density at radius 2 is 2.00 bits per heavy atom. The molecule has 1 atom stereocenters. The maximum absolute atomic E-state index is 6.01. The molecule has 0 radical (unpaired) electrons. The third-order valence-electron chi connectivity index (χ3n) is 3.47. The Morgan fingerprint density at radius 3 is 2.50 bits per heavy atom. The summed E-state index contributed by atoms with van der Waals surface area (Å²) in [5, 5.41) is 4.56. The first kappa shape index (κ1) is 15.7. The second kappa shape index (κ2) is 6.41. The Balaban J connectivity index is 2.36. The molecule has 3 nitrogen and oxygen atoms in total. The van der Waals surface area contributed by atoms with E-state index in [-0.39, 0.29) is 6.04 Å². The van der Waals surface area contributed by atoms with Crippen LogP contribution < -0.4 is 5.73 Å². The maximum Gasteiger partial charge on any atom is 0.0791 e. The highest BCUT2D eigenvalue weighted by atomic mass is 79.9. The van der Waals surface area contributed by atoms with E-state index in [0.717, 1.165) is 38.9 Å². The van der Waals surface area contributed by atoms with Crippen LogP contribution in [0.4, 0.5) is 0 Å². The molecular formula is C15H19Br2N3. The Bertz CT molecular complexity index is 620. The number of aromatic nitrogens is 2. The highest BCUT2D eigenvalue weighted by molar-refractivity contribution is 9.11. The molecule has 20 heavy (non-hydrogen) atoms. The Morgan fingerprint density at radius 1 is 1.30 bits per heavy atom. The smallest absolute Gasteiger partial charge is 0.0791 e. The summed E-state index contributed by atoms with van der Waals surface area (Å²) in [4.78, 5) is 0. The van der Waals surface area contributed by atoms with Gasteiger partial charge in [0, 0.05) is 10.5 Å². The highest BCUT2D eigenvalue weighted by Gasteiger charge is 2.13. The molecule has 1 unspecified atom stereocenters. The van der Waals surface area contributed by atoms with Gasteiger partial charge in [-0.3, -0.25) is 0 Å². The SMILES string of the molecule is CCC(N)Cc1ccc(-n2nc(C)c(Br)c2C)c(Br)c1. The number of aryl methyl sites for hydroxylation is 1. The van der Waals surface area contributed by atoms with Crippen molar-refractivity contribution in [1.29, 1.82) is 0 Å². The molecule has 0 saturated heterocycles. The van der Waals surface area contributed by atoms with E-state index in [0.29, 0.717) is 0 Å². The molecule has 0 fully saturated rings. The molecular weight excluding hydrogens is 382 g/mol. The van der Waals surface area contributed by atoms with Crippen LogP contribution in [-0.2, 0) is 6.42 Å². The van der Waals surface area contributed by atoms with E-state index in [4.69, 9.17) is 5.73 Å². The van der Waals surface area contributed by atoms with E-state index in [1.165, 1.54) is 5.56 Å². The largest absolute Gasteiger partial charge is 0.327 e. The summed E-state index contributed by atoms with van der Waals surface area (Å²) in [7, 11) is 0. The van der Waals surface area contributed by atoms with Crippen LogP contribution in [0.15, 0.2) is 27.1 Å². The van der Waals surface area contributed by atoms with E-state index in [2.05, 4.69) is 69.0 Å². The molecule has 2 aromatic rings. The monoisotopic (exact) mass is 399 g/mol. The van der Waals surface area contributed by atoms with Gasteiger partial charge in [-0.05, 0) is 76.2 Å². The van der Waals surface area contributed by atoms with Gasteiger partial charge in [0.05, 0.1) is 21.5 Å². The average molecular weight is 401 g/mol. The minimum Gasteiger partial charge on any atom is -0.327 e. The second-order valence-corrected chi connectivity index (χ2v) is 6.70. The number of hydrogen-bond donors (Lipinski definition) is 1. The zero-order valence-electron chi connectivity index (χ0n) is 12.0. The number of hydrogen-bond acceptors (Lipinski definition) is 2. The summed E-state index contributed by atoms with van der Waals surface area (Å²) in [6.45, 7) is 6.16. The minimum atomic E-state index is 0.218. The number of halogens is 2. The summed E-state index contributed by atoms with van der Waals surface area (Å²) in [5.74, 6) is 0. The summed E-state index contributed by atoms with van der Waals surface area (Å²) in [6, 6.07) is 6.57. The van der Waals surface area contributed by atoms with Gasteiger partial charge in [-0.25, -0.2) is 4.68 Å². The van der Waals surface area contributed by atoms with Crippen LogP contribution in [0.25, 0.3) is 5.69 Å². The lowest BCUT2D eigenvalue weighted by Crippen LogP contribution is -2.21. The third-order valence-corrected chi connectivity index (χ3v) is 5.25. The van der Waals surface area contributed by atoms with Crippen molar-refractivity contribution in [2.45, 2.75) is 39.7 Å². The first-order chi connectivity index (χ1) is 9.43. The number of benzene rings is 1. The quantitative estimate of drug-likeness (QED) is 0.831. The lowest BCUT2D eigenvalue weighted by Gasteiger charge is -2.12. The number of rotatable bonds is 4. The minimum absolute atomic E-state index is 0.218. The fraction of sp³-hybridized carbons (Fsp3) is 0.400. The molecule has 0 amide bonds. The van der Waals surface area contributed by atoms with Gasteiger partial charge in [-0.15, -0.1) is 0 Å². The van der Waals surface area contributed by atoms with E-state index in [1.807, 2.05) is 11.6 Å². The van der Waals surface area contributed by atoms with E-state index in [9.17, 15) is 0 Å². The highest BCUT2D eigenvalue weighted by Crippen LogP contribution is 2.28. The summed E-state index contributed by atoms with van der Waals surface area (Å²) >= 11 is 7.21. The molecule has 0 bridgehead atoms. The molecule has 0 saturated carbocycles. The van der Waals surface area contributed by atoms with Crippen LogP contribution >= 0.6 is 31.9 Å². The van der Waals surface area contributed by atoms with Crippen molar-refractivity contribution < 1.29 is 0 Å². The van der Waals surface area contributed by atoms with Crippen LogP contribution in [0.2, 0.25) is 0 Å². The van der Waals surface area contributed by atoms with Gasteiger partial charge in [0.1, 0.15) is 0 Å². The van der Waals surface area contributed by atoms with E-state index in [1.54, 1.807) is 0 Å². The predicted octanol–water partition coefficient (Wildman–Crippen LogP) is 4.29. The Kier molecular flexibility index (Phi) is 5.04. The van der Waals surface area contributed by atoms with Gasteiger partial charge in [-0.2, -0.15) is 5.10 Å². The van der Waals surface area contributed by atoms with Gasteiger partial charge < -0.3 is 5.73 Å². The maximum atomic E-state index is 6.01. The van der Waals surface area contributed by atoms with E-state index < -0.39 is 0 Å². The lowest BCUT2D eigenvalue weighted by atomic mass is 10.0. The molecule has 2 N–H and O–H groups in total. The van der Waals surface area contributed by atoms with Crippen molar-refractivity contribution in [3.63, 3.8) is 0 Å². The molecule has 0 aliphatic heterocycles. The fourth-order valence-electron chi connectivity index (χ4n) is 2.15. The molecule has 5 heteroatoms. The summed E-state index contributed by atoms with van der Waals surface area (Å²) in [6.07, 6.45) is 1.89. The summed E-state index contributed by atoms with van der Waals surface area (Å²) in [5.41, 5.74) is 10.4. The predicted molar refractivity (Wildman–Crippen MR) is 90.4 cm³/mol. The molecule has 1 heterocycles. The van der Waals surface area contributed by atoms with Gasteiger partial charge >= 0.3 is 0 Å². The Labute approximate surface area is 136 Å². The molecule has 1 aromatic heterocycles. The zero-order valence-corrected chi connectivity index (χ0v) is 15.1.